The normalized spacial score (nSPS) is 12.1. The Balaban J connectivity index is 4.24. The number of nitrogens with one attached hydrogen (secondary N) is 1. The fourth-order valence-electron chi connectivity index (χ4n) is 1.10. The second-order valence-corrected chi connectivity index (χ2v) is 3.35. The quantitative estimate of drug-likeness (QED) is 0.434. The Labute approximate surface area is 105 Å². The average molecular weight is 258 g/mol. The number of hydrogen-bond acceptors (Lipinski definition) is 5. The van der Waals surface area contributed by atoms with E-state index < -0.39 is 23.8 Å². The number of carbonyl (C=O) groups is 3. The zero-order valence-corrected chi connectivity index (χ0v) is 10.5. The summed E-state index contributed by atoms with van der Waals surface area (Å²) in [4.78, 5) is 33.2. The van der Waals surface area contributed by atoms with Gasteiger partial charge in [0.1, 0.15) is 12.6 Å². The molecular formula is C11H18N2O5. The maximum absolute atomic E-state index is 11.2. The lowest BCUT2D eigenvalue weighted by Crippen LogP contribution is -2.45. The van der Waals surface area contributed by atoms with E-state index in [1.807, 2.05) is 0 Å². The van der Waals surface area contributed by atoms with Crippen molar-refractivity contribution >= 4 is 17.8 Å². The molecule has 2 amide bonds. The smallest absolute Gasteiger partial charge is 0.330 e. The van der Waals surface area contributed by atoms with E-state index in [-0.39, 0.29) is 19.6 Å². The van der Waals surface area contributed by atoms with Gasteiger partial charge in [-0.15, -0.1) is 0 Å². The summed E-state index contributed by atoms with van der Waals surface area (Å²) in [5.74, 6) is -1.65. The lowest BCUT2D eigenvalue weighted by molar-refractivity contribution is -0.137. The molecule has 3 N–H and O–H groups in total. The predicted molar refractivity (Wildman–Crippen MR) is 63.4 cm³/mol. The summed E-state index contributed by atoms with van der Waals surface area (Å²) in [6, 6.07) is -0.877. The zero-order chi connectivity index (χ0) is 14.0. The van der Waals surface area contributed by atoms with Crippen LogP contribution < -0.4 is 11.1 Å². The molecule has 0 rings (SSSR count). The van der Waals surface area contributed by atoms with Gasteiger partial charge < -0.3 is 20.5 Å². The molecule has 0 spiro atoms. The topological polar surface area (TPSA) is 108 Å². The minimum Gasteiger partial charge on any atom is -0.463 e. The van der Waals surface area contributed by atoms with Crippen molar-refractivity contribution < 1.29 is 23.9 Å². The molecule has 0 aromatic heterocycles. The Hall–Kier alpha value is -1.89. The standard InChI is InChI=1S/C11H18N2O5/c1-3-18-10(15)6-4-5-8(11(12)16)13-9(14)7-17-2/h4,6,8H,3,5,7H2,1-2H3,(H2,12,16)(H,13,14)/b6-4+/t8-/m1/s1. The number of amides is 2. The fourth-order valence-corrected chi connectivity index (χ4v) is 1.10. The van der Waals surface area contributed by atoms with Crippen LogP contribution in [0, 0.1) is 0 Å². The fraction of sp³-hybridized carbons (Fsp3) is 0.545. The van der Waals surface area contributed by atoms with Crippen LogP contribution in [-0.4, -0.2) is 44.1 Å². The number of esters is 1. The molecule has 0 unspecified atom stereocenters. The van der Waals surface area contributed by atoms with E-state index in [1.165, 1.54) is 19.3 Å². The van der Waals surface area contributed by atoms with Gasteiger partial charge in [0.15, 0.2) is 0 Å². The molecule has 0 bridgehead atoms. The van der Waals surface area contributed by atoms with Crippen molar-refractivity contribution in [2.75, 3.05) is 20.3 Å². The van der Waals surface area contributed by atoms with Gasteiger partial charge in [-0.25, -0.2) is 4.79 Å². The number of carbonyl (C=O) groups excluding carboxylic acids is 3. The third-order valence-electron chi connectivity index (χ3n) is 1.87. The van der Waals surface area contributed by atoms with Gasteiger partial charge in [-0.1, -0.05) is 6.08 Å². The Morgan fingerprint density at radius 2 is 2.06 bits per heavy atom. The maximum atomic E-state index is 11.2. The first kappa shape index (κ1) is 16.1. The molecule has 0 aliphatic heterocycles. The molecule has 0 radical (unpaired) electrons. The minimum absolute atomic E-state index is 0.115. The monoisotopic (exact) mass is 258 g/mol. The van der Waals surface area contributed by atoms with E-state index in [9.17, 15) is 14.4 Å². The first-order valence-electron chi connectivity index (χ1n) is 5.42. The van der Waals surface area contributed by atoms with Crippen LogP contribution in [0.2, 0.25) is 0 Å². The number of primary amides is 1. The SMILES string of the molecule is CCOC(=O)/C=C/C[C@@H](NC(=O)COC)C(N)=O. The van der Waals surface area contributed by atoms with Crippen LogP contribution in [0.4, 0.5) is 0 Å². The van der Waals surface area contributed by atoms with Gasteiger partial charge in [0.25, 0.3) is 0 Å². The number of ether oxygens (including phenoxy) is 2. The van der Waals surface area contributed by atoms with Gasteiger partial charge in [-0.2, -0.15) is 0 Å². The number of rotatable bonds is 8. The van der Waals surface area contributed by atoms with Crippen molar-refractivity contribution in [2.24, 2.45) is 5.73 Å². The highest BCUT2D eigenvalue weighted by molar-refractivity contribution is 5.87. The summed E-state index contributed by atoms with van der Waals surface area (Å²) in [7, 11) is 1.36. The van der Waals surface area contributed by atoms with Crippen LogP contribution in [0.3, 0.4) is 0 Å². The second kappa shape index (κ2) is 9.17. The third-order valence-corrected chi connectivity index (χ3v) is 1.87. The Morgan fingerprint density at radius 1 is 1.39 bits per heavy atom. The van der Waals surface area contributed by atoms with E-state index in [0.29, 0.717) is 0 Å². The Bertz CT molecular complexity index is 327. The van der Waals surface area contributed by atoms with Crippen LogP contribution in [0.25, 0.3) is 0 Å². The van der Waals surface area contributed by atoms with Crippen molar-refractivity contribution in [3.05, 3.63) is 12.2 Å². The summed E-state index contributed by atoms with van der Waals surface area (Å²) in [6.45, 7) is 1.79. The third kappa shape index (κ3) is 7.39. The van der Waals surface area contributed by atoms with E-state index in [4.69, 9.17) is 5.73 Å². The summed E-state index contributed by atoms with van der Waals surface area (Å²) >= 11 is 0. The van der Waals surface area contributed by atoms with Crippen molar-refractivity contribution in [2.45, 2.75) is 19.4 Å². The number of hydrogen-bond donors (Lipinski definition) is 2. The van der Waals surface area contributed by atoms with Crippen LogP contribution in [0.1, 0.15) is 13.3 Å². The largest absolute Gasteiger partial charge is 0.463 e. The maximum Gasteiger partial charge on any atom is 0.330 e. The Kier molecular flexibility index (Phi) is 8.21. The molecule has 0 aliphatic rings. The summed E-state index contributed by atoms with van der Waals surface area (Å²) in [6.07, 6.45) is 2.71. The van der Waals surface area contributed by atoms with Crippen molar-refractivity contribution in [3.63, 3.8) is 0 Å². The molecule has 7 nitrogen and oxygen atoms in total. The highest BCUT2D eigenvalue weighted by Crippen LogP contribution is 1.94. The molecule has 0 saturated carbocycles. The molecule has 0 aliphatic carbocycles. The van der Waals surface area contributed by atoms with Gasteiger partial charge in [0.05, 0.1) is 6.61 Å². The summed E-state index contributed by atoms with van der Waals surface area (Å²) < 4.78 is 9.26. The molecule has 18 heavy (non-hydrogen) atoms. The second-order valence-electron chi connectivity index (χ2n) is 3.35. The first-order chi connectivity index (χ1) is 8.51. The predicted octanol–water partition coefficient (Wildman–Crippen LogP) is -0.888. The highest BCUT2D eigenvalue weighted by atomic mass is 16.5. The lowest BCUT2D eigenvalue weighted by Gasteiger charge is -2.12. The molecule has 0 fully saturated rings. The van der Waals surface area contributed by atoms with E-state index in [1.54, 1.807) is 6.92 Å². The van der Waals surface area contributed by atoms with Crippen molar-refractivity contribution in [1.29, 1.82) is 0 Å². The van der Waals surface area contributed by atoms with Gasteiger partial charge in [-0.05, 0) is 13.3 Å². The van der Waals surface area contributed by atoms with Gasteiger partial charge in [-0.3, -0.25) is 9.59 Å². The van der Waals surface area contributed by atoms with Crippen LogP contribution in [-0.2, 0) is 23.9 Å². The van der Waals surface area contributed by atoms with Crippen LogP contribution in [0.5, 0.6) is 0 Å². The number of methoxy groups -OCH3 is 1. The minimum atomic E-state index is -0.877. The molecule has 1 atom stereocenters. The van der Waals surface area contributed by atoms with Crippen LogP contribution in [0.15, 0.2) is 12.2 Å². The molecule has 0 aromatic carbocycles. The van der Waals surface area contributed by atoms with Crippen molar-refractivity contribution in [3.8, 4) is 0 Å². The van der Waals surface area contributed by atoms with E-state index in [2.05, 4.69) is 14.8 Å². The zero-order valence-electron chi connectivity index (χ0n) is 10.5. The average Bonchev–Trinajstić information content (AvgIpc) is 2.28. The molecule has 0 heterocycles. The Morgan fingerprint density at radius 3 is 2.56 bits per heavy atom. The molecule has 102 valence electrons. The molecule has 0 aromatic rings. The number of nitrogens with two attached hydrogens (primary N) is 1. The van der Waals surface area contributed by atoms with Gasteiger partial charge in [0.2, 0.25) is 11.8 Å². The first-order valence-corrected chi connectivity index (χ1v) is 5.42. The van der Waals surface area contributed by atoms with E-state index in [0.717, 1.165) is 0 Å². The summed E-state index contributed by atoms with van der Waals surface area (Å²) in [5.41, 5.74) is 5.11. The van der Waals surface area contributed by atoms with Gasteiger partial charge >= 0.3 is 5.97 Å². The van der Waals surface area contributed by atoms with Crippen LogP contribution >= 0.6 is 0 Å². The molecule has 7 heteroatoms. The lowest BCUT2D eigenvalue weighted by atomic mass is 10.2. The highest BCUT2D eigenvalue weighted by Gasteiger charge is 2.16. The molecule has 0 saturated heterocycles. The molecular weight excluding hydrogens is 240 g/mol. The van der Waals surface area contributed by atoms with E-state index >= 15 is 0 Å². The van der Waals surface area contributed by atoms with Gasteiger partial charge in [0, 0.05) is 13.2 Å². The van der Waals surface area contributed by atoms with Crippen molar-refractivity contribution in [1.82, 2.24) is 5.32 Å². The summed E-state index contributed by atoms with van der Waals surface area (Å²) in [5, 5.41) is 2.38.